The van der Waals surface area contributed by atoms with E-state index in [1.165, 1.54) is 39.9 Å². The van der Waals surface area contributed by atoms with Crippen molar-refractivity contribution in [1.29, 1.82) is 0 Å². The van der Waals surface area contributed by atoms with Crippen LogP contribution in [0.1, 0.15) is 10.6 Å². The van der Waals surface area contributed by atoms with Crippen LogP contribution in [0.5, 0.6) is 0 Å². The molecule has 28 heavy (non-hydrogen) atoms. The van der Waals surface area contributed by atoms with Gasteiger partial charge in [-0.2, -0.15) is 0 Å². The Morgan fingerprint density at radius 3 is 2.64 bits per heavy atom. The summed E-state index contributed by atoms with van der Waals surface area (Å²) in [4.78, 5) is 22.1. The lowest BCUT2D eigenvalue weighted by Crippen LogP contribution is -2.14. The van der Waals surface area contributed by atoms with Crippen LogP contribution in [0.3, 0.4) is 0 Å². The van der Waals surface area contributed by atoms with Crippen molar-refractivity contribution < 1.29 is 9.18 Å². The lowest BCUT2D eigenvalue weighted by molar-refractivity contribution is 0.101. The molecule has 0 fully saturated rings. The smallest absolute Gasteiger partial charge is 0.295 e. The van der Waals surface area contributed by atoms with E-state index in [2.05, 4.69) is 20.4 Å². The number of aromatic nitrogens is 4. The van der Waals surface area contributed by atoms with Crippen molar-refractivity contribution in [2.24, 2.45) is 0 Å². The number of anilines is 1. The molecule has 1 aromatic carbocycles. The second kappa shape index (κ2) is 7.91. The van der Waals surface area contributed by atoms with Crippen molar-refractivity contribution in [1.82, 2.24) is 19.7 Å². The number of thiophene rings is 1. The van der Waals surface area contributed by atoms with E-state index in [1.807, 2.05) is 29.8 Å². The molecule has 4 aromatic rings. The van der Waals surface area contributed by atoms with Crippen LogP contribution in [0.4, 0.5) is 10.1 Å². The number of rotatable bonds is 5. The molecular formula is C19H14FN5OS2. The molecule has 1 N–H and O–H groups in total. The highest BCUT2D eigenvalue weighted by Gasteiger charge is 2.19. The van der Waals surface area contributed by atoms with Crippen molar-refractivity contribution in [2.75, 3.05) is 11.6 Å². The molecule has 6 nitrogen and oxygen atoms in total. The second-order valence-corrected chi connectivity index (χ2v) is 7.44. The summed E-state index contributed by atoms with van der Waals surface area (Å²) in [6, 6.07) is 13.2. The average molecular weight is 411 g/mol. The molecule has 3 aromatic heterocycles. The zero-order chi connectivity index (χ0) is 19.5. The Labute approximate surface area is 168 Å². The van der Waals surface area contributed by atoms with Gasteiger partial charge in [0.05, 0.1) is 27.5 Å². The van der Waals surface area contributed by atoms with E-state index >= 15 is 0 Å². The van der Waals surface area contributed by atoms with Gasteiger partial charge in [-0.25, -0.2) is 19.0 Å². The van der Waals surface area contributed by atoms with Gasteiger partial charge in [0.2, 0.25) is 5.82 Å². The molecule has 3 heterocycles. The molecule has 0 aliphatic rings. The third-order valence-corrected chi connectivity index (χ3v) is 5.35. The molecule has 0 aliphatic heterocycles. The van der Waals surface area contributed by atoms with Gasteiger partial charge in [0.15, 0.2) is 5.82 Å². The Kier molecular flexibility index (Phi) is 5.18. The van der Waals surface area contributed by atoms with Gasteiger partial charge < -0.3 is 5.32 Å². The maximum atomic E-state index is 13.3. The molecule has 0 saturated carbocycles. The number of pyridine rings is 1. The SMILES string of the molecule is CSc1ccc(NC(=O)c2nc(-c3cccs3)n(-c3ccc(F)cc3)n2)cn1. The van der Waals surface area contributed by atoms with Crippen molar-refractivity contribution in [3.63, 3.8) is 0 Å². The molecule has 0 bridgehead atoms. The maximum absolute atomic E-state index is 13.3. The first-order valence-electron chi connectivity index (χ1n) is 8.22. The maximum Gasteiger partial charge on any atom is 0.295 e. The number of carbonyl (C=O) groups is 1. The third kappa shape index (κ3) is 3.80. The number of thioether (sulfide) groups is 1. The highest BCUT2D eigenvalue weighted by atomic mass is 32.2. The van der Waals surface area contributed by atoms with E-state index in [1.54, 1.807) is 24.4 Å². The second-order valence-electron chi connectivity index (χ2n) is 5.67. The molecule has 0 saturated heterocycles. The Morgan fingerprint density at radius 1 is 1.18 bits per heavy atom. The van der Waals surface area contributed by atoms with Crippen molar-refractivity contribution in [2.45, 2.75) is 5.03 Å². The number of carbonyl (C=O) groups excluding carboxylic acids is 1. The summed E-state index contributed by atoms with van der Waals surface area (Å²) in [5.41, 5.74) is 1.17. The van der Waals surface area contributed by atoms with Gasteiger partial charge in [0.25, 0.3) is 5.91 Å². The molecule has 4 rings (SSSR count). The summed E-state index contributed by atoms with van der Waals surface area (Å²) in [6.07, 6.45) is 3.51. The van der Waals surface area contributed by atoms with Crippen LogP contribution in [0.15, 0.2) is 65.1 Å². The van der Waals surface area contributed by atoms with Gasteiger partial charge in [0.1, 0.15) is 5.82 Å². The van der Waals surface area contributed by atoms with E-state index in [9.17, 15) is 9.18 Å². The summed E-state index contributed by atoms with van der Waals surface area (Å²) in [5, 5.41) is 9.87. The Morgan fingerprint density at radius 2 is 2.00 bits per heavy atom. The molecule has 9 heteroatoms. The molecular weight excluding hydrogens is 397 g/mol. The highest BCUT2D eigenvalue weighted by molar-refractivity contribution is 7.98. The van der Waals surface area contributed by atoms with Gasteiger partial charge in [-0.1, -0.05) is 6.07 Å². The summed E-state index contributed by atoms with van der Waals surface area (Å²) in [7, 11) is 0. The Balaban J connectivity index is 1.68. The first-order valence-corrected chi connectivity index (χ1v) is 10.3. The Bertz CT molecular complexity index is 1090. The van der Waals surface area contributed by atoms with Crippen molar-refractivity contribution in [3.05, 3.63) is 71.7 Å². The number of nitrogens with one attached hydrogen (secondary N) is 1. The molecule has 0 atom stereocenters. The van der Waals surface area contributed by atoms with Gasteiger partial charge in [-0.3, -0.25) is 4.79 Å². The van der Waals surface area contributed by atoms with Gasteiger partial charge in [-0.05, 0) is 54.1 Å². The van der Waals surface area contributed by atoms with Gasteiger partial charge >= 0.3 is 0 Å². The zero-order valence-corrected chi connectivity index (χ0v) is 16.3. The number of hydrogen-bond donors (Lipinski definition) is 1. The molecule has 0 radical (unpaired) electrons. The number of halogens is 1. The largest absolute Gasteiger partial charge is 0.318 e. The molecule has 0 spiro atoms. The molecule has 0 unspecified atom stereocenters. The van der Waals surface area contributed by atoms with Crippen molar-refractivity contribution >= 4 is 34.7 Å². The van der Waals surface area contributed by atoms with E-state index in [-0.39, 0.29) is 11.6 Å². The third-order valence-electron chi connectivity index (χ3n) is 3.83. The summed E-state index contributed by atoms with van der Waals surface area (Å²) < 4.78 is 14.8. The van der Waals surface area contributed by atoms with Crippen LogP contribution in [-0.4, -0.2) is 31.9 Å². The number of nitrogens with zero attached hydrogens (tertiary/aromatic N) is 4. The number of benzene rings is 1. The molecule has 1 amide bonds. The van der Waals surface area contributed by atoms with E-state index in [0.29, 0.717) is 17.2 Å². The molecule has 140 valence electrons. The van der Waals surface area contributed by atoms with E-state index in [4.69, 9.17) is 0 Å². The minimum Gasteiger partial charge on any atom is -0.318 e. The Hall–Kier alpha value is -3.04. The van der Waals surface area contributed by atoms with Crippen LogP contribution in [0.2, 0.25) is 0 Å². The average Bonchev–Trinajstić information content (AvgIpc) is 3.39. The van der Waals surface area contributed by atoms with Crippen molar-refractivity contribution in [3.8, 4) is 16.4 Å². The summed E-state index contributed by atoms with van der Waals surface area (Å²) in [5.74, 6) is -0.262. The van der Waals surface area contributed by atoms with Gasteiger partial charge in [-0.15, -0.1) is 28.2 Å². The monoisotopic (exact) mass is 411 g/mol. The lowest BCUT2D eigenvalue weighted by Gasteiger charge is -2.04. The van der Waals surface area contributed by atoms with Crippen LogP contribution in [0.25, 0.3) is 16.4 Å². The number of amides is 1. The fraction of sp³-hybridized carbons (Fsp3) is 0.0526. The normalized spacial score (nSPS) is 10.8. The topological polar surface area (TPSA) is 72.7 Å². The number of hydrogen-bond acceptors (Lipinski definition) is 6. The fourth-order valence-corrected chi connectivity index (χ4v) is 3.56. The predicted molar refractivity (Wildman–Crippen MR) is 109 cm³/mol. The fourth-order valence-electron chi connectivity index (χ4n) is 2.50. The molecule has 0 aliphatic carbocycles. The quantitative estimate of drug-likeness (QED) is 0.490. The first-order chi connectivity index (χ1) is 13.6. The van der Waals surface area contributed by atoms with Crippen LogP contribution in [-0.2, 0) is 0 Å². The van der Waals surface area contributed by atoms with Gasteiger partial charge in [0, 0.05) is 0 Å². The minimum absolute atomic E-state index is 0.0154. The minimum atomic E-state index is -0.447. The predicted octanol–water partition coefficient (Wildman–Crippen LogP) is 4.50. The zero-order valence-electron chi connectivity index (χ0n) is 14.7. The van der Waals surface area contributed by atoms with E-state index in [0.717, 1.165) is 9.90 Å². The summed E-state index contributed by atoms with van der Waals surface area (Å²) in [6.45, 7) is 0. The van der Waals surface area contributed by atoms with E-state index < -0.39 is 5.91 Å². The standard InChI is InChI=1S/C19H14FN5OS2/c1-27-16-9-6-13(11-21-16)22-19(26)17-23-18(15-3-2-10-28-15)25(24-17)14-7-4-12(20)5-8-14/h2-11H,1H3,(H,22,26). The first kappa shape index (κ1) is 18.3. The van der Waals surface area contributed by atoms with Crippen LogP contribution < -0.4 is 5.32 Å². The summed E-state index contributed by atoms with van der Waals surface area (Å²) >= 11 is 3.00. The highest BCUT2D eigenvalue weighted by Crippen LogP contribution is 2.26. The van der Waals surface area contributed by atoms with Crippen LogP contribution in [0, 0.1) is 5.82 Å². The lowest BCUT2D eigenvalue weighted by atomic mass is 10.3. The van der Waals surface area contributed by atoms with Crippen LogP contribution >= 0.6 is 23.1 Å².